The van der Waals surface area contributed by atoms with Crippen LogP contribution in [0.25, 0.3) is 0 Å². The molecule has 2 aliphatic rings. The molecule has 7 heteroatoms. The zero-order valence-electron chi connectivity index (χ0n) is 14.3. The monoisotopic (exact) mass is 341 g/mol. The van der Waals surface area contributed by atoms with E-state index in [-0.39, 0.29) is 41.9 Å². The van der Waals surface area contributed by atoms with E-state index in [1.54, 1.807) is 4.90 Å². The quantitative estimate of drug-likeness (QED) is 0.693. The number of likely N-dealkylation sites (tertiary alicyclic amines) is 1. The third-order valence-corrected chi connectivity index (χ3v) is 5.37. The van der Waals surface area contributed by atoms with Crippen LogP contribution in [0.4, 0.5) is 0 Å². The lowest BCUT2D eigenvalue weighted by Crippen LogP contribution is -2.52. The zero-order valence-corrected chi connectivity index (χ0v) is 15.2. The first-order valence-corrected chi connectivity index (χ1v) is 9.22. The van der Waals surface area contributed by atoms with E-state index in [1.165, 1.54) is 0 Å². The lowest BCUT2D eigenvalue weighted by atomic mass is 10.3. The summed E-state index contributed by atoms with van der Waals surface area (Å²) >= 11 is 1.95. The molecule has 0 spiro atoms. The molecule has 0 radical (unpaired) electrons. The number of hydrogen-bond acceptors (Lipinski definition) is 5. The van der Waals surface area contributed by atoms with Crippen LogP contribution in [0, 0.1) is 0 Å². The number of hydrogen-bond donors (Lipinski definition) is 0. The number of rotatable bonds is 5. The summed E-state index contributed by atoms with van der Waals surface area (Å²) < 4.78 is 0.284. The van der Waals surface area contributed by atoms with E-state index < -0.39 is 0 Å². The van der Waals surface area contributed by atoms with Crippen molar-refractivity contribution in [3.63, 3.8) is 0 Å². The SMILES string of the molecule is CC(C)(C)SCCN1CCN(C(=O)CN2C(=O)CCC2=O)CC1. The Morgan fingerprint density at radius 2 is 1.61 bits per heavy atom. The molecule has 0 aromatic heterocycles. The predicted octanol–water partition coefficient (Wildman–Crippen LogP) is 0.811. The summed E-state index contributed by atoms with van der Waals surface area (Å²) in [6.07, 6.45) is 0.483. The third-order valence-electron chi connectivity index (χ3n) is 4.12. The minimum absolute atomic E-state index is 0.0858. The Bertz CT molecular complexity index is 452. The first-order chi connectivity index (χ1) is 10.8. The van der Waals surface area contributed by atoms with Crippen LogP contribution in [-0.2, 0) is 14.4 Å². The van der Waals surface area contributed by atoms with Gasteiger partial charge in [0.15, 0.2) is 0 Å². The van der Waals surface area contributed by atoms with Crippen molar-refractivity contribution in [3.8, 4) is 0 Å². The second-order valence-electron chi connectivity index (χ2n) is 7.06. The standard InChI is InChI=1S/C16H27N3O3S/c1-16(2,3)23-11-10-17-6-8-18(9-7-17)15(22)12-19-13(20)4-5-14(19)21/h4-12H2,1-3H3. The van der Waals surface area contributed by atoms with Crippen molar-refractivity contribution in [2.45, 2.75) is 38.4 Å². The van der Waals surface area contributed by atoms with Crippen molar-refractivity contribution in [2.75, 3.05) is 45.0 Å². The summed E-state index contributed by atoms with van der Waals surface area (Å²) in [5.41, 5.74) is 0. The van der Waals surface area contributed by atoms with Gasteiger partial charge in [0.2, 0.25) is 17.7 Å². The van der Waals surface area contributed by atoms with Gasteiger partial charge < -0.3 is 4.90 Å². The normalized spacial score (nSPS) is 20.5. The predicted molar refractivity (Wildman–Crippen MR) is 91.2 cm³/mol. The number of carbonyl (C=O) groups excluding carboxylic acids is 3. The Morgan fingerprint density at radius 3 is 2.13 bits per heavy atom. The molecular formula is C16H27N3O3S. The maximum absolute atomic E-state index is 12.3. The van der Waals surface area contributed by atoms with E-state index in [1.807, 2.05) is 11.8 Å². The Labute approximate surface area is 142 Å². The van der Waals surface area contributed by atoms with Crippen molar-refractivity contribution in [1.29, 1.82) is 0 Å². The van der Waals surface area contributed by atoms with Gasteiger partial charge in [-0.2, -0.15) is 11.8 Å². The molecule has 23 heavy (non-hydrogen) atoms. The van der Waals surface area contributed by atoms with Gasteiger partial charge >= 0.3 is 0 Å². The van der Waals surface area contributed by atoms with Crippen molar-refractivity contribution in [1.82, 2.24) is 14.7 Å². The number of nitrogens with zero attached hydrogens (tertiary/aromatic N) is 3. The van der Waals surface area contributed by atoms with Crippen LogP contribution in [0.3, 0.4) is 0 Å². The number of imide groups is 1. The van der Waals surface area contributed by atoms with Gasteiger partial charge in [0.25, 0.3) is 0 Å². The van der Waals surface area contributed by atoms with E-state index in [9.17, 15) is 14.4 Å². The second kappa shape index (κ2) is 7.66. The Kier molecular flexibility index (Phi) is 6.08. The van der Waals surface area contributed by atoms with Crippen LogP contribution in [0.2, 0.25) is 0 Å². The molecule has 0 unspecified atom stereocenters. The average molecular weight is 341 g/mol. The van der Waals surface area contributed by atoms with E-state index >= 15 is 0 Å². The van der Waals surface area contributed by atoms with E-state index in [2.05, 4.69) is 25.7 Å². The molecular weight excluding hydrogens is 314 g/mol. The Morgan fingerprint density at radius 1 is 1.04 bits per heavy atom. The molecule has 6 nitrogen and oxygen atoms in total. The molecule has 0 aromatic carbocycles. The minimum Gasteiger partial charge on any atom is -0.339 e. The van der Waals surface area contributed by atoms with Gasteiger partial charge in [0.05, 0.1) is 0 Å². The Hall–Kier alpha value is -1.08. The van der Waals surface area contributed by atoms with E-state index in [0.29, 0.717) is 13.1 Å². The van der Waals surface area contributed by atoms with Crippen molar-refractivity contribution in [3.05, 3.63) is 0 Å². The minimum atomic E-state index is -0.221. The van der Waals surface area contributed by atoms with Gasteiger partial charge in [-0.05, 0) is 0 Å². The smallest absolute Gasteiger partial charge is 0.242 e. The summed E-state index contributed by atoms with van der Waals surface area (Å²) in [7, 11) is 0. The maximum Gasteiger partial charge on any atom is 0.242 e. The highest BCUT2D eigenvalue weighted by molar-refractivity contribution is 8.00. The van der Waals surface area contributed by atoms with Crippen LogP contribution in [0.15, 0.2) is 0 Å². The van der Waals surface area contributed by atoms with Gasteiger partial charge in [-0.25, -0.2) is 0 Å². The number of piperazine rings is 1. The van der Waals surface area contributed by atoms with Crippen LogP contribution < -0.4 is 0 Å². The van der Waals surface area contributed by atoms with Gasteiger partial charge in [0.1, 0.15) is 6.54 Å². The molecule has 0 N–H and O–H groups in total. The molecule has 0 aliphatic carbocycles. The third kappa shape index (κ3) is 5.49. The van der Waals surface area contributed by atoms with Crippen LogP contribution in [-0.4, -0.2) is 82.2 Å². The van der Waals surface area contributed by atoms with Crippen LogP contribution >= 0.6 is 11.8 Å². The van der Waals surface area contributed by atoms with Crippen LogP contribution in [0.1, 0.15) is 33.6 Å². The molecule has 2 fully saturated rings. The highest BCUT2D eigenvalue weighted by Crippen LogP contribution is 2.23. The van der Waals surface area contributed by atoms with Gasteiger partial charge in [-0.3, -0.25) is 24.2 Å². The fraction of sp³-hybridized carbons (Fsp3) is 0.812. The molecule has 0 bridgehead atoms. The average Bonchev–Trinajstić information content (AvgIpc) is 2.78. The number of thioether (sulfide) groups is 1. The molecule has 2 aliphatic heterocycles. The second-order valence-corrected chi connectivity index (χ2v) is 8.98. The molecule has 0 atom stereocenters. The zero-order chi connectivity index (χ0) is 17.0. The van der Waals surface area contributed by atoms with Crippen LogP contribution in [0.5, 0.6) is 0 Å². The highest BCUT2D eigenvalue weighted by Gasteiger charge is 2.32. The van der Waals surface area contributed by atoms with Gasteiger partial charge in [-0.1, -0.05) is 20.8 Å². The molecule has 3 amide bonds. The Balaban J connectivity index is 1.70. The van der Waals surface area contributed by atoms with Gasteiger partial charge in [0, 0.05) is 56.1 Å². The van der Waals surface area contributed by atoms with Crippen molar-refractivity contribution < 1.29 is 14.4 Å². The molecule has 0 saturated carbocycles. The summed E-state index contributed by atoms with van der Waals surface area (Å²) in [6.45, 7) is 10.7. The van der Waals surface area contributed by atoms with E-state index in [4.69, 9.17) is 0 Å². The maximum atomic E-state index is 12.3. The summed E-state index contributed by atoms with van der Waals surface area (Å²) in [4.78, 5) is 40.7. The topological polar surface area (TPSA) is 60.9 Å². The van der Waals surface area contributed by atoms with E-state index in [0.717, 1.165) is 30.3 Å². The molecule has 130 valence electrons. The lowest BCUT2D eigenvalue weighted by molar-refractivity contribution is -0.146. The molecule has 2 rings (SSSR count). The first-order valence-electron chi connectivity index (χ1n) is 8.23. The fourth-order valence-corrected chi connectivity index (χ4v) is 3.70. The molecule has 0 aromatic rings. The highest BCUT2D eigenvalue weighted by atomic mass is 32.2. The van der Waals surface area contributed by atoms with Crippen molar-refractivity contribution >= 4 is 29.5 Å². The largest absolute Gasteiger partial charge is 0.339 e. The molecule has 2 saturated heterocycles. The van der Waals surface area contributed by atoms with Gasteiger partial charge in [-0.15, -0.1) is 0 Å². The number of amides is 3. The lowest BCUT2D eigenvalue weighted by Gasteiger charge is -2.35. The number of carbonyl (C=O) groups is 3. The first kappa shape index (κ1) is 18.3. The summed E-state index contributed by atoms with van der Waals surface area (Å²) in [5, 5.41) is 0. The molecule has 2 heterocycles. The van der Waals surface area contributed by atoms with Crippen molar-refractivity contribution in [2.24, 2.45) is 0 Å². The summed E-state index contributed by atoms with van der Waals surface area (Å²) in [5.74, 6) is 0.536. The fourth-order valence-electron chi connectivity index (χ4n) is 2.74. The summed E-state index contributed by atoms with van der Waals surface area (Å²) in [6, 6.07) is 0.